The molecule has 0 unspecified atom stereocenters. The third kappa shape index (κ3) is 4.61. The predicted octanol–water partition coefficient (Wildman–Crippen LogP) is 3.43. The molecule has 1 N–H and O–H groups in total. The van der Waals surface area contributed by atoms with E-state index in [0.717, 1.165) is 12.8 Å². The van der Waals surface area contributed by atoms with E-state index in [2.05, 4.69) is 10.5 Å². The van der Waals surface area contributed by atoms with E-state index in [0.29, 0.717) is 27.6 Å². The summed E-state index contributed by atoms with van der Waals surface area (Å²) < 4.78 is 10.6. The van der Waals surface area contributed by atoms with Gasteiger partial charge in [0.2, 0.25) is 0 Å². The Hall–Kier alpha value is -2.86. The van der Waals surface area contributed by atoms with E-state index in [1.165, 1.54) is 13.3 Å². The first-order valence-electron chi connectivity index (χ1n) is 8.05. The van der Waals surface area contributed by atoms with Gasteiger partial charge in [-0.2, -0.15) is 5.10 Å². The topological polar surface area (TPSA) is 77.0 Å². The number of amides is 1. The van der Waals surface area contributed by atoms with Gasteiger partial charge in [0.25, 0.3) is 5.91 Å². The average molecular weight is 373 g/mol. The van der Waals surface area contributed by atoms with Gasteiger partial charge in [-0.15, -0.1) is 0 Å². The molecule has 0 bridgehead atoms. The molecule has 0 aliphatic heterocycles. The molecule has 1 saturated carbocycles. The Kier molecular flexibility index (Phi) is 5.53. The number of carbonyl (C=O) groups excluding carboxylic acids is 2. The summed E-state index contributed by atoms with van der Waals surface area (Å²) in [6.07, 6.45) is 3.22. The molecule has 0 saturated heterocycles. The van der Waals surface area contributed by atoms with Crippen molar-refractivity contribution >= 4 is 29.7 Å². The standard InChI is InChI=1S/C19H17ClN2O4/c1-25-17-9-12(5-8-16(17)26-19(24)13-6-7-13)11-21-22-18(23)14-3-2-4-15(20)10-14/h2-5,8-11,13H,6-7H2,1H3,(H,22,23)/b21-11-. The lowest BCUT2D eigenvalue weighted by molar-refractivity contribution is -0.135. The number of hydrogen-bond donors (Lipinski definition) is 1. The zero-order chi connectivity index (χ0) is 18.5. The maximum Gasteiger partial charge on any atom is 0.314 e. The Morgan fingerprint density at radius 1 is 1.19 bits per heavy atom. The summed E-state index contributed by atoms with van der Waals surface area (Å²) in [6.45, 7) is 0. The summed E-state index contributed by atoms with van der Waals surface area (Å²) in [5.74, 6) is 0.181. The smallest absolute Gasteiger partial charge is 0.314 e. The van der Waals surface area contributed by atoms with E-state index < -0.39 is 0 Å². The van der Waals surface area contributed by atoms with Gasteiger partial charge in [-0.1, -0.05) is 17.7 Å². The summed E-state index contributed by atoms with van der Waals surface area (Å²) in [7, 11) is 1.49. The first kappa shape index (κ1) is 17.9. The van der Waals surface area contributed by atoms with E-state index in [-0.39, 0.29) is 17.8 Å². The Labute approximate surface area is 155 Å². The van der Waals surface area contributed by atoms with Crippen molar-refractivity contribution in [3.8, 4) is 11.5 Å². The normalized spacial score (nSPS) is 13.5. The summed E-state index contributed by atoms with van der Waals surface area (Å²) in [5.41, 5.74) is 3.52. The van der Waals surface area contributed by atoms with Crippen molar-refractivity contribution in [3.63, 3.8) is 0 Å². The van der Waals surface area contributed by atoms with Crippen molar-refractivity contribution in [2.75, 3.05) is 7.11 Å². The van der Waals surface area contributed by atoms with Crippen molar-refractivity contribution < 1.29 is 19.1 Å². The van der Waals surface area contributed by atoms with Gasteiger partial charge in [-0.3, -0.25) is 9.59 Å². The fourth-order valence-corrected chi connectivity index (χ4v) is 2.41. The monoisotopic (exact) mass is 372 g/mol. The van der Waals surface area contributed by atoms with E-state index >= 15 is 0 Å². The maximum atomic E-state index is 12.0. The van der Waals surface area contributed by atoms with E-state index in [1.807, 2.05) is 0 Å². The number of methoxy groups -OCH3 is 1. The molecule has 0 radical (unpaired) electrons. The molecule has 0 aromatic heterocycles. The summed E-state index contributed by atoms with van der Waals surface area (Å²) in [6, 6.07) is 11.6. The van der Waals surface area contributed by atoms with Crippen LogP contribution in [0.15, 0.2) is 47.6 Å². The van der Waals surface area contributed by atoms with E-state index in [9.17, 15) is 9.59 Å². The van der Waals surface area contributed by atoms with E-state index in [4.69, 9.17) is 21.1 Å². The van der Waals surface area contributed by atoms with Crippen molar-refractivity contribution in [2.45, 2.75) is 12.8 Å². The van der Waals surface area contributed by atoms with Gasteiger partial charge in [0.15, 0.2) is 11.5 Å². The van der Waals surface area contributed by atoms with Crippen LogP contribution in [0.3, 0.4) is 0 Å². The van der Waals surface area contributed by atoms with Gasteiger partial charge >= 0.3 is 5.97 Å². The lowest BCUT2D eigenvalue weighted by atomic mass is 10.2. The van der Waals surface area contributed by atoms with Crippen LogP contribution in [-0.2, 0) is 4.79 Å². The molecule has 1 fully saturated rings. The molecule has 134 valence electrons. The first-order chi connectivity index (χ1) is 12.6. The minimum Gasteiger partial charge on any atom is -0.493 e. The Morgan fingerprint density at radius 3 is 2.69 bits per heavy atom. The van der Waals surface area contributed by atoms with Gasteiger partial charge in [-0.05, 0) is 54.8 Å². The number of nitrogens with zero attached hydrogens (tertiary/aromatic N) is 1. The lowest BCUT2D eigenvalue weighted by Crippen LogP contribution is -2.17. The first-order valence-corrected chi connectivity index (χ1v) is 8.43. The summed E-state index contributed by atoms with van der Waals surface area (Å²) in [5, 5.41) is 4.40. The Balaban J connectivity index is 1.64. The van der Waals surface area contributed by atoms with Crippen LogP contribution in [-0.4, -0.2) is 25.2 Å². The highest BCUT2D eigenvalue weighted by atomic mass is 35.5. The molecule has 26 heavy (non-hydrogen) atoms. The molecule has 1 amide bonds. The van der Waals surface area contributed by atoms with Crippen LogP contribution in [0.1, 0.15) is 28.8 Å². The number of ether oxygens (including phenoxy) is 2. The van der Waals surface area contributed by atoms with Gasteiger partial charge in [-0.25, -0.2) is 5.43 Å². The van der Waals surface area contributed by atoms with Crippen LogP contribution in [0.25, 0.3) is 0 Å². The highest BCUT2D eigenvalue weighted by Crippen LogP contribution is 2.34. The Bertz CT molecular complexity index is 862. The molecule has 6 nitrogen and oxygen atoms in total. The van der Waals surface area contributed by atoms with Crippen molar-refractivity contribution in [1.29, 1.82) is 0 Å². The predicted molar refractivity (Wildman–Crippen MR) is 97.9 cm³/mol. The lowest BCUT2D eigenvalue weighted by Gasteiger charge is -2.09. The average Bonchev–Trinajstić information content (AvgIpc) is 3.48. The van der Waals surface area contributed by atoms with Crippen LogP contribution < -0.4 is 14.9 Å². The Morgan fingerprint density at radius 2 is 2.00 bits per heavy atom. The summed E-state index contributed by atoms with van der Waals surface area (Å²) in [4.78, 5) is 23.8. The third-order valence-corrected chi connectivity index (χ3v) is 4.01. The maximum absolute atomic E-state index is 12.0. The molecule has 2 aromatic carbocycles. The number of hydrogen-bond acceptors (Lipinski definition) is 5. The number of halogens is 1. The van der Waals surface area contributed by atoms with Crippen molar-refractivity contribution in [2.24, 2.45) is 11.0 Å². The molecule has 0 heterocycles. The molecular formula is C19H17ClN2O4. The van der Waals surface area contributed by atoms with Gasteiger partial charge < -0.3 is 9.47 Å². The second-order valence-electron chi connectivity index (χ2n) is 5.82. The highest BCUT2D eigenvalue weighted by Gasteiger charge is 2.32. The van der Waals surface area contributed by atoms with Crippen molar-refractivity contribution in [1.82, 2.24) is 5.43 Å². The third-order valence-electron chi connectivity index (χ3n) is 3.78. The number of hydrazone groups is 1. The molecule has 0 spiro atoms. The van der Waals surface area contributed by atoms with Crippen LogP contribution in [0.5, 0.6) is 11.5 Å². The zero-order valence-electron chi connectivity index (χ0n) is 14.1. The fourth-order valence-electron chi connectivity index (χ4n) is 2.22. The summed E-state index contributed by atoms with van der Waals surface area (Å²) >= 11 is 5.86. The van der Waals surface area contributed by atoms with Crippen LogP contribution in [0.4, 0.5) is 0 Å². The SMILES string of the molecule is COc1cc(/C=N\NC(=O)c2cccc(Cl)c2)ccc1OC(=O)C1CC1. The highest BCUT2D eigenvalue weighted by molar-refractivity contribution is 6.30. The van der Waals surface area contributed by atoms with Gasteiger partial charge in [0, 0.05) is 10.6 Å². The minimum absolute atomic E-state index is 0.00245. The molecule has 1 aliphatic carbocycles. The molecular weight excluding hydrogens is 356 g/mol. The van der Waals surface area contributed by atoms with Crippen molar-refractivity contribution in [3.05, 3.63) is 58.6 Å². The van der Waals surface area contributed by atoms with Crippen LogP contribution >= 0.6 is 11.6 Å². The number of nitrogens with one attached hydrogen (secondary N) is 1. The fraction of sp³-hybridized carbons (Fsp3) is 0.211. The molecule has 2 aromatic rings. The molecule has 1 aliphatic rings. The van der Waals surface area contributed by atoms with Gasteiger partial charge in [0.1, 0.15) is 0 Å². The molecule has 7 heteroatoms. The quantitative estimate of drug-likeness (QED) is 0.365. The number of carbonyl (C=O) groups is 2. The number of rotatable bonds is 6. The minimum atomic E-state index is -0.370. The van der Waals surface area contributed by atoms with E-state index in [1.54, 1.807) is 42.5 Å². The second-order valence-corrected chi connectivity index (χ2v) is 6.25. The van der Waals surface area contributed by atoms with Crippen LogP contribution in [0.2, 0.25) is 5.02 Å². The molecule has 0 atom stereocenters. The number of benzene rings is 2. The largest absolute Gasteiger partial charge is 0.493 e. The van der Waals surface area contributed by atoms with Gasteiger partial charge in [0.05, 0.1) is 19.2 Å². The zero-order valence-corrected chi connectivity index (χ0v) is 14.8. The van der Waals surface area contributed by atoms with Crippen LogP contribution in [0, 0.1) is 5.92 Å². The second kappa shape index (κ2) is 8.01. The number of esters is 1. The molecule has 3 rings (SSSR count).